The van der Waals surface area contributed by atoms with Gasteiger partial charge in [-0.3, -0.25) is 10.1 Å². The van der Waals surface area contributed by atoms with Gasteiger partial charge in [-0.2, -0.15) is 0 Å². The summed E-state index contributed by atoms with van der Waals surface area (Å²) in [5.41, 5.74) is 0. The molecule has 0 radical (unpaired) electrons. The fraction of sp³-hybridized carbons (Fsp3) is 0.200. The van der Waals surface area contributed by atoms with E-state index in [9.17, 15) is 9.59 Å². The first-order chi connectivity index (χ1) is 4.57. The minimum atomic E-state index is -0.694. The maximum absolute atomic E-state index is 10.5. The molecule has 0 heterocycles. The van der Waals surface area contributed by atoms with Crippen LogP contribution >= 0.6 is 11.6 Å². The van der Waals surface area contributed by atoms with Gasteiger partial charge in [0.2, 0.25) is 0 Å². The average molecular weight is 163 g/mol. The van der Waals surface area contributed by atoms with Crippen molar-refractivity contribution in [1.29, 1.82) is 0 Å². The van der Waals surface area contributed by atoms with Gasteiger partial charge in [0.15, 0.2) is 0 Å². The third kappa shape index (κ3) is 3.09. The number of rotatable bonds is 1. The zero-order chi connectivity index (χ0) is 8.15. The highest BCUT2D eigenvalue weighted by atomic mass is 35.5. The molecule has 0 aliphatic rings. The molecule has 10 heavy (non-hydrogen) atoms. The molecule has 0 aromatic carbocycles. The Morgan fingerprint density at radius 1 is 1.50 bits per heavy atom. The van der Waals surface area contributed by atoms with Gasteiger partial charge in [0.1, 0.15) is 0 Å². The van der Waals surface area contributed by atoms with Crippen LogP contribution in [-0.4, -0.2) is 19.0 Å². The largest absolute Gasteiger partial charge is 0.341 e. The van der Waals surface area contributed by atoms with Gasteiger partial charge in [-0.1, -0.05) is 18.2 Å². The fourth-order valence-electron chi connectivity index (χ4n) is 0.233. The van der Waals surface area contributed by atoms with Crippen LogP contribution in [0.4, 0.5) is 4.79 Å². The number of nitrogens with one attached hydrogen (secondary N) is 2. The predicted octanol–water partition coefficient (Wildman–Crippen LogP) is 0.195. The number of amides is 3. The van der Waals surface area contributed by atoms with Crippen LogP contribution in [0.5, 0.6) is 0 Å². The summed E-state index contributed by atoms with van der Waals surface area (Å²) in [6, 6.07) is -0.605. The molecular weight excluding hydrogens is 156 g/mol. The summed E-state index contributed by atoms with van der Waals surface area (Å²) in [6.45, 7) is 3.12. The quantitative estimate of drug-likeness (QED) is 0.541. The van der Waals surface area contributed by atoms with Gasteiger partial charge in [0, 0.05) is 7.05 Å². The molecule has 0 atom stereocenters. The minimum absolute atomic E-state index is 0.219. The van der Waals surface area contributed by atoms with Crippen molar-refractivity contribution in [3.05, 3.63) is 11.6 Å². The van der Waals surface area contributed by atoms with Crippen LogP contribution in [0.2, 0.25) is 0 Å². The molecule has 0 aromatic rings. The first-order valence-corrected chi connectivity index (χ1v) is 2.83. The average Bonchev–Trinajstić information content (AvgIpc) is 1.87. The van der Waals surface area contributed by atoms with Gasteiger partial charge in [-0.15, -0.1) is 0 Å². The van der Waals surface area contributed by atoms with Crippen molar-refractivity contribution in [2.45, 2.75) is 0 Å². The Bertz CT molecular complexity index is 178. The van der Waals surface area contributed by atoms with E-state index < -0.39 is 11.9 Å². The first-order valence-electron chi connectivity index (χ1n) is 2.45. The predicted molar refractivity (Wildman–Crippen MR) is 37.6 cm³/mol. The zero-order valence-corrected chi connectivity index (χ0v) is 6.16. The van der Waals surface area contributed by atoms with Crippen molar-refractivity contribution in [2.75, 3.05) is 7.05 Å². The lowest BCUT2D eigenvalue weighted by Gasteiger charge is -1.98. The van der Waals surface area contributed by atoms with Gasteiger partial charge in [0.05, 0.1) is 5.03 Å². The number of halogens is 1. The molecule has 0 spiro atoms. The van der Waals surface area contributed by atoms with Crippen LogP contribution in [0.25, 0.3) is 0 Å². The molecule has 0 unspecified atom stereocenters. The molecule has 0 aliphatic carbocycles. The van der Waals surface area contributed by atoms with Gasteiger partial charge < -0.3 is 5.32 Å². The van der Waals surface area contributed by atoms with Crippen molar-refractivity contribution < 1.29 is 9.59 Å². The van der Waals surface area contributed by atoms with Crippen LogP contribution < -0.4 is 10.6 Å². The van der Waals surface area contributed by atoms with Crippen molar-refractivity contribution in [1.82, 2.24) is 10.6 Å². The lowest BCUT2D eigenvalue weighted by molar-refractivity contribution is -0.115. The molecule has 0 aromatic heterocycles. The van der Waals surface area contributed by atoms with Crippen molar-refractivity contribution in [3.8, 4) is 0 Å². The maximum Gasteiger partial charge on any atom is 0.321 e. The lowest BCUT2D eigenvalue weighted by atomic mass is 10.6. The van der Waals surface area contributed by atoms with E-state index in [1.807, 2.05) is 5.32 Å². The van der Waals surface area contributed by atoms with E-state index >= 15 is 0 Å². The second kappa shape index (κ2) is 3.90. The third-order valence-electron chi connectivity index (χ3n) is 0.701. The van der Waals surface area contributed by atoms with Crippen LogP contribution in [0.1, 0.15) is 0 Å². The standard InChI is InChI=1S/C5H7ClN2O2/c1-3(6)4(9)8-5(10)7-2/h1H2,2H3,(H2,7,8,9,10). The Balaban J connectivity index is 3.80. The Morgan fingerprint density at radius 3 is 2.30 bits per heavy atom. The summed E-state index contributed by atoms with van der Waals surface area (Å²) in [6.07, 6.45) is 0. The molecule has 2 N–H and O–H groups in total. The van der Waals surface area contributed by atoms with E-state index in [2.05, 4.69) is 11.9 Å². The van der Waals surface area contributed by atoms with Gasteiger partial charge in [-0.25, -0.2) is 4.79 Å². The number of hydrogen-bond acceptors (Lipinski definition) is 2. The molecule has 0 bridgehead atoms. The SMILES string of the molecule is C=C(Cl)C(=O)NC(=O)NC. The minimum Gasteiger partial charge on any atom is -0.341 e. The zero-order valence-electron chi connectivity index (χ0n) is 5.40. The number of carbonyl (C=O) groups excluding carboxylic acids is 2. The van der Waals surface area contributed by atoms with Crippen LogP contribution in [0.3, 0.4) is 0 Å². The molecule has 4 nitrogen and oxygen atoms in total. The number of imide groups is 1. The summed E-state index contributed by atoms with van der Waals surface area (Å²) in [5.74, 6) is -0.694. The Kier molecular flexibility index (Phi) is 3.49. The number of urea groups is 1. The fourth-order valence-corrected chi connectivity index (χ4v) is 0.281. The number of hydrogen-bond donors (Lipinski definition) is 2. The molecule has 0 rings (SSSR count). The van der Waals surface area contributed by atoms with E-state index in [1.54, 1.807) is 0 Å². The van der Waals surface area contributed by atoms with E-state index in [1.165, 1.54) is 7.05 Å². The Morgan fingerprint density at radius 2 is 2.00 bits per heavy atom. The molecule has 0 aliphatic heterocycles. The molecule has 0 fully saturated rings. The smallest absolute Gasteiger partial charge is 0.321 e. The molecule has 0 saturated carbocycles. The van der Waals surface area contributed by atoms with Crippen molar-refractivity contribution >= 4 is 23.5 Å². The highest BCUT2D eigenvalue weighted by Gasteiger charge is 2.06. The van der Waals surface area contributed by atoms with Gasteiger partial charge in [0.25, 0.3) is 5.91 Å². The topological polar surface area (TPSA) is 58.2 Å². The third-order valence-corrected chi connectivity index (χ3v) is 0.872. The summed E-state index contributed by atoms with van der Waals surface area (Å²) < 4.78 is 0. The van der Waals surface area contributed by atoms with Crippen LogP contribution in [0, 0.1) is 0 Å². The normalized spacial score (nSPS) is 8.20. The van der Waals surface area contributed by atoms with Gasteiger partial charge in [-0.05, 0) is 0 Å². The maximum atomic E-state index is 10.5. The molecule has 3 amide bonds. The Hall–Kier alpha value is -1.03. The van der Waals surface area contributed by atoms with E-state index in [0.29, 0.717) is 0 Å². The van der Waals surface area contributed by atoms with E-state index in [0.717, 1.165) is 0 Å². The Labute approximate surface area is 63.2 Å². The summed E-state index contributed by atoms with van der Waals surface area (Å²) in [5, 5.41) is 3.87. The van der Waals surface area contributed by atoms with E-state index in [4.69, 9.17) is 11.6 Å². The van der Waals surface area contributed by atoms with Crippen LogP contribution in [0.15, 0.2) is 11.6 Å². The molecule has 56 valence electrons. The van der Waals surface area contributed by atoms with E-state index in [-0.39, 0.29) is 5.03 Å². The molecule has 5 heteroatoms. The lowest BCUT2D eigenvalue weighted by Crippen LogP contribution is -2.37. The highest BCUT2D eigenvalue weighted by Crippen LogP contribution is 1.93. The van der Waals surface area contributed by atoms with Crippen LogP contribution in [-0.2, 0) is 4.79 Å². The first kappa shape index (κ1) is 8.97. The molecular formula is C5H7ClN2O2. The highest BCUT2D eigenvalue weighted by molar-refractivity contribution is 6.42. The monoisotopic (exact) mass is 162 g/mol. The molecule has 0 saturated heterocycles. The summed E-state index contributed by atoms with van der Waals surface area (Å²) in [7, 11) is 1.39. The van der Waals surface area contributed by atoms with Crippen molar-refractivity contribution in [3.63, 3.8) is 0 Å². The second-order valence-corrected chi connectivity index (χ2v) is 1.89. The second-order valence-electron chi connectivity index (χ2n) is 1.44. The van der Waals surface area contributed by atoms with Crippen molar-refractivity contribution in [2.24, 2.45) is 0 Å². The van der Waals surface area contributed by atoms with Gasteiger partial charge >= 0.3 is 6.03 Å². The summed E-state index contributed by atoms with van der Waals surface area (Å²) >= 11 is 5.14. The number of carbonyl (C=O) groups is 2. The summed E-state index contributed by atoms with van der Waals surface area (Å²) in [4.78, 5) is 20.9.